The molecular weight excluding hydrogens is 226 g/mol. The van der Waals surface area contributed by atoms with Crippen molar-refractivity contribution in [2.24, 2.45) is 4.99 Å². The van der Waals surface area contributed by atoms with Crippen molar-refractivity contribution in [1.29, 1.82) is 0 Å². The molecule has 1 aromatic carbocycles. The van der Waals surface area contributed by atoms with E-state index in [2.05, 4.69) is 17.1 Å². The molecule has 2 aromatic rings. The van der Waals surface area contributed by atoms with Crippen molar-refractivity contribution in [3.05, 3.63) is 41.1 Å². The van der Waals surface area contributed by atoms with E-state index in [1.165, 1.54) is 22.8 Å². The standard InChI is InChI=1S/C11H9NOS2/c1-8(13)12-11-7-10(14-15-11)9-5-3-2-4-6-9/h2-7H,1H3. The molecule has 0 aliphatic heterocycles. The second-order valence-corrected chi connectivity index (χ2v) is 5.20. The number of hydrogen-bond donors (Lipinski definition) is 0. The molecule has 0 saturated carbocycles. The predicted molar refractivity (Wildman–Crippen MR) is 63.9 cm³/mol. The Kier molecular flexibility index (Phi) is 3.08. The van der Waals surface area contributed by atoms with Crippen LogP contribution in [0.5, 0.6) is 0 Å². The molecule has 0 aliphatic carbocycles. The van der Waals surface area contributed by atoms with Crippen molar-refractivity contribution >= 4 is 26.6 Å². The molecule has 15 heavy (non-hydrogen) atoms. The van der Waals surface area contributed by atoms with Gasteiger partial charge >= 0.3 is 0 Å². The fourth-order valence-corrected chi connectivity index (χ4v) is 3.38. The van der Waals surface area contributed by atoms with Crippen LogP contribution in [0, 0.1) is 0 Å². The molecule has 0 spiro atoms. The lowest BCUT2D eigenvalue weighted by Gasteiger charge is -1.92. The molecular formula is C11H9NOS2. The van der Waals surface area contributed by atoms with Crippen LogP contribution in [0.25, 0.3) is 10.4 Å². The number of benzene rings is 1. The third kappa shape index (κ3) is 2.61. The van der Waals surface area contributed by atoms with E-state index in [1.807, 2.05) is 24.3 Å². The van der Waals surface area contributed by atoms with Gasteiger partial charge in [-0.1, -0.05) is 51.0 Å². The first-order valence-electron chi connectivity index (χ1n) is 4.46. The summed E-state index contributed by atoms with van der Waals surface area (Å²) in [5.74, 6) is -0.149. The lowest BCUT2D eigenvalue weighted by molar-refractivity contribution is -0.116. The van der Waals surface area contributed by atoms with E-state index in [1.54, 1.807) is 10.3 Å². The summed E-state index contributed by atoms with van der Waals surface area (Å²) in [6.45, 7) is 1.46. The molecule has 2 rings (SSSR count). The van der Waals surface area contributed by atoms with Gasteiger partial charge in [0.15, 0.2) is 0 Å². The van der Waals surface area contributed by atoms with Gasteiger partial charge < -0.3 is 0 Å². The van der Waals surface area contributed by atoms with Gasteiger partial charge in [-0.15, -0.1) is 0 Å². The van der Waals surface area contributed by atoms with Crippen LogP contribution in [-0.4, -0.2) is 5.91 Å². The monoisotopic (exact) mass is 235 g/mol. The summed E-state index contributed by atoms with van der Waals surface area (Å²) in [5, 5.41) is 0. The van der Waals surface area contributed by atoms with Crippen molar-refractivity contribution in [3.8, 4) is 10.4 Å². The van der Waals surface area contributed by atoms with Gasteiger partial charge in [-0.3, -0.25) is 4.79 Å². The van der Waals surface area contributed by atoms with Gasteiger partial charge in [-0.05, 0) is 11.6 Å². The molecule has 1 amide bonds. The highest BCUT2D eigenvalue weighted by Gasteiger charge is 1.99. The molecule has 0 radical (unpaired) electrons. The molecule has 0 aliphatic rings. The van der Waals surface area contributed by atoms with E-state index in [-0.39, 0.29) is 5.91 Å². The summed E-state index contributed by atoms with van der Waals surface area (Å²) in [5.41, 5.74) is 1.17. The fraction of sp³-hybridized carbons (Fsp3) is 0.0909. The molecule has 1 aromatic heterocycles. The van der Waals surface area contributed by atoms with Gasteiger partial charge in [0.05, 0.1) is 0 Å². The molecule has 2 nitrogen and oxygen atoms in total. The quantitative estimate of drug-likeness (QED) is 0.699. The second-order valence-electron chi connectivity index (χ2n) is 3.01. The first-order chi connectivity index (χ1) is 7.25. The van der Waals surface area contributed by atoms with Gasteiger partial charge in [0.2, 0.25) is 5.91 Å². The Hall–Kier alpha value is -1.26. The van der Waals surface area contributed by atoms with E-state index < -0.39 is 0 Å². The van der Waals surface area contributed by atoms with Crippen molar-refractivity contribution in [1.82, 2.24) is 0 Å². The van der Waals surface area contributed by atoms with Crippen LogP contribution in [0.4, 0.5) is 0 Å². The van der Waals surface area contributed by atoms with E-state index in [9.17, 15) is 4.79 Å². The SMILES string of the molecule is CC(=O)N=c1cc(-c2ccccc2)ss1. The van der Waals surface area contributed by atoms with Crippen LogP contribution in [0.1, 0.15) is 6.92 Å². The highest BCUT2D eigenvalue weighted by molar-refractivity contribution is 7.69. The third-order valence-electron chi connectivity index (χ3n) is 1.80. The largest absolute Gasteiger partial charge is 0.273 e. The third-order valence-corrected chi connectivity index (χ3v) is 4.09. The maximum Gasteiger partial charge on any atom is 0.243 e. The lowest BCUT2D eigenvalue weighted by atomic mass is 10.2. The Morgan fingerprint density at radius 1 is 1.20 bits per heavy atom. The highest BCUT2D eigenvalue weighted by Crippen LogP contribution is 2.24. The number of hydrogen-bond acceptors (Lipinski definition) is 3. The van der Waals surface area contributed by atoms with Crippen LogP contribution in [0.2, 0.25) is 0 Å². The first kappa shape index (κ1) is 10.3. The summed E-state index contributed by atoms with van der Waals surface area (Å²) < 4.78 is 0.784. The second kappa shape index (κ2) is 4.51. The average Bonchev–Trinajstić information content (AvgIpc) is 2.67. The zero-order valence-corrected chi connectivity index (χ0v) is 9.77. The van der Waals surface area contributed by atoms with Crippen LogP contribution in [0.15, 0.2) is 41.4 Å². The number of carbonyl (C=O) groups is 1. The Morgan fingerprint density at radius 2 is 1.93 bits per heavy atom. The zero-order chi connectivity index (χ0) is 10.7. The smallest absolute Gasteiger partial charge is 0.243 e. The van der Waals surface area contributed by atoms with E-state index in [4.69, 9.17) is 0 Å². The van der Waals surface area contributed by atoms with Crippen molar-refractivity contribution in [2.75, 3.05) is 0 Å². The Balaban J connectivity index is 2.41. The fourth-order valence-electron chi connectivity index (χ4n) is 1.19. The Morgan fingerprint density at radius 3 is 2.60 bits per heavy atom. The topological polar surface area (TPSA) is 29.4 Å². The maximum atomic E-state index is 10.8. The molecule has 0 unspecified atom stereocenters. The van der Waals surface area contributed by atoms with Gasteiger partial charge in [-0.2, -0.15) is 0 Å². The Bertz CT molecular complexity index is 525. The van der Waals surface area contributed by atoms with E-state index in [0.717, 1.165) is 9.55 Å². The minimum absolute atomic E-state index is 0.149. The van der Waals surface area contributed by atoms with Crippen molar-refractivity contribution < 1.29 is 4.79 Å². The van der Waals surface area contributed by atoms with Crippen LogP contribution < -0.4 is 4.67 Å². The Labute approximate surface area is 94.9 Å². The van der Waals surface area contributed by atoms with Crippen molar-refractivity contribution in [2.45, 2.75) is 6.92 Å². The zero-order valence-electron chi connectivity index (χ0n) is 8.14. The normalized spacial score (nSPS) is 11.7. The van der Waals surface area contributed by atoms with Gasteiger partial charge in [0.1, 0.15) is 4.67 Å². The first-order valence-corrected chi connectivity index (χ1v) is 6.61. The number of carbonyl (C=O) groups excluding carboxylic acids is 1. The van der Waals surface area contributed by atoms with Gasteiger partial charge in [-0.25, -0.2) is 4.99 Å². The minimum Gasteiger partial charge on any atom is -0.273 e. The molecule has 76 valence electrons. The molecule has 1 heterocycles. The van der Waals surface area contributed by atoms with Gasteiger partial charge in [0, 0.05) is 11.8 Å². The highest BCUT2D eigenvalue weighted by atomic mass is 32.9. The van der Waals surface area contributed by atoms with Crippen LogP contribution in [0.3, 0.4) is 0 Å². The summed E-state index contributed by atoms with van der Waals surface area (Å²) >= 11 is 0. The van der Waals surface area contributed by atoms with Crippen LogP contribution in [-0.2, 0) is 4.79 Å². The van der Waals surface area contributed by atoms with E-state index >= 15 is 0 Å². The minimum atomic E-state index is -0.149. The molecule has 0 N–H and O–H groups in total. The lowest BCUT2D eigenvalue weighted by Crippen LogP contribution is -1.95. The molecule has 0 saturated heterocycles. The van der Waals surface area contributed by atoms with Crippen molar-refractivity contribution in [3.63, 3.8) is 0 Å². The summed E-state index contributed by atoms with van der Waals surface area (Å²) in [7, 11) is 3.17. The van der Waals surface area contributed by atoms with E-state index in [0.29, 0.717) is 0 Å². The average molecular weight is 235 g/mol. The number of amides is 1. The molecule has 0 bridgehead atoms. The molecule has 0 fully saturated rings. The van der Waals surface area contributed by atoms with Gasteiger partial charge in [0.25, 0.3) is 0 Å². The summed E-state index contributed by atoms with van der Waals surface area (Å²) in [6.07, 6.45) is 0. The number of rotatable bonds is 1. The number of nitrogens with zero attached hydrogens (tertiary/aromatic N) is 1. The molecule has 4 heteroatoms. The summed E-state index contributed by atoms with van der Waals surface area (Å²) in [4.78, 5) is 15.9. The van der Waals surface area contributed by atoms with Crippen LogP contribution >= 0.6 is 20.7 Å². The predicted octanol–water partition coefficient (Wildman–Crippen LogP) is 2.92. The maximum absolute atomic E-state index is 10.8. The summed E-state index contributed by atoms with van der Waals surface area (Å²) in [6, 6.07) is 12.0. The molecule has 0 atom stereocenters.